The number of carbonyl (C=O) groups excluding carboxylic acids is 1. The second kappa shape index (κ2) is 3.97. The number of nitrogens with zero attached hydrogens (tertiary/aromatic N) is 1. The number of hydrogen-bond acceptors (Lipinski definition) is 4. The van der Waals surface area contributed by atoms with Crippen LogP contribution in [0.2, 0.25) is 0 Å². The Morgan fingerprint density at radius 2 is 2.00 bits per heavy atom. The van der Waals surface area contributed by atoms with Crippen LogP contribution in [-0.2, 0) is 4.79 Å². The Hall–Kier alpha value is -1.82. The van der Waals surface area contributed by atoms with E-state index in [1.165, 1.54) is 12.1 Å². The van der Waals surface area contributed by atoms with Crippen LogP contribution in [0.3, 0.4) is 0 Å². The molecule has 0 spiro atoms. The monoisotopic (exact) mass is 236 g/mol. The van der Waals surface area contributed by atoms with E-state index in [9.17, 15) is 9.59 Å². The maximum atomic E-state index is 11.1. The first-order chi connectivity index (χ1) is 7.58. The molecule has 0 aromatic heterocycles. The third kappa shape index (κ3) is 1.92. The number of carbonyl (C=O) groups is 2. The van der Waals surface area contributed by atoms with Crippen molar-refractivity contribution in [2.75, 3.05) is 11.4 Å². The van der Waals surface area contributed by atoms with E-state index >= 15 is 0 Å². The van der Waals surface area contributed by atoms with Crippen molar-refractivity contribution in [1.29, 1.82) is 5.41 Å². The second-order valence-electron chi connectivity index (χ2n) is 3.22. The molecule has 2 N–H and O–H groups in total. The van der Waals surface area contributed by atoms with Gasteiger partial charge in [0.25, 0.3) is 0 Å². The van der Waals surface area contributed by atoms with Crippen LogP contribution < -0.4 is 4.90 Å². The Kier molecular flexibility index (Phi) is 2.66. The Morgan fingerprint density at radius 1 is 1.38 bits per heavy atom. The van der Waals surface area contributed by atoms with Crippen LogP contribution in [0.15, 0.2) is 24.3 Å². The third-order valence-corrected chi connectivity index (χ3v) is 2.94. The Balaban J connectivity index is 2.25. The fourth-order valence-electron chi connectivity index (χ4n) is 1.39. The topological polar surface area (TPSA) is 81.5 Å². The van der Waals surface area contributed by atoms with Gasteiger partial charge < -0.3 is 10.0 Å². The number of aromatic carboxylic acids is 1. The SMILES string of the molecule is N=C1SC(=O)CN1c1ccc(C(=O)O)cc1. The molecule has 1 aliphatic heterocycles. The summed E-state index contributed by atoms with van der Waals surface area (Å²) in [6, 6.07) is 6.10. The smallest absolute Gasteiger partial charge is 0.335 e. The normalized spacial score (nSPS) is 15.6. The minimum atomic E-state index is -0.992. The van der Waals surface area contributed by atoms with Gasteiger partial charge in [-0.25, -0.2) is 4.79 Å². The molecular formula is C10H8N2O3S. The lowest BCUT2D eigenvalue weighted by molar-refractivity contribution is -0.109. The quantitative estimate of drug-likeness (QED) is 0.811. The lowest BCUT2D eigenvalue weighted by Crippen LogP contribution is -2.23. The van der Waals surface area contributed by atoms with Crippen LogP contribution in [-0.4, -0.2) is 27.9 Å². The van der Waals surface area contributed by atoms with Crippen LogP contribution in [0.5, 0.6) is 0 Å². The lowest BCUT2D eigenvalue weighted by Gasteiger charge is -2.15. The molecule has 1 fully saturated rings. The number of benzene rings is 1. The summed E-state index contributed by atoms with van der Waals surface area (Å²) in [7, 11) is 0. The van der Waals surface area contributed by atoms with Gasteiger partial charge in [0.2, 0.25) is 5.12 Å². The van der Waals surface area contributed by atoms with E-state index in [1.807, 2.05) is 0 Å². The second-order valence-corrected chi connectivity index (χ2v) is 4.26. The van der Waals surface area contributed by atoms with Gasteiger partial charge in [-0.1, -0.05) is 0 Å². The summed E-state index contributed by atoms with van der Waals surface area (Å²) in [5.74, 6) is -0.992. The number of hydrogen-bond donors (Lipinski definition) is 2. The standard InChI is InChI=1S/C10H8N2O3S/c11-10-12(5-8(13)16-10)7-3-1-6(2-4-7)9(14)15/h1-4,11H,5H2,(H,14,15). The minimum Gasteiger partial charge on any atom is -0.478 e. The zero-order chi connectivity index (χ0) is 11.7. The zero-order valence-electron chi connectivity index (χ0n) is 8.14. The van der Waals surface area contributed by atoms with Crippen molar-refractivity contribution in [3.63, 3.8) is 0 Å². The Morgan fingerprint density at radius 3 is 2.44 bits per heavy atom. The van der Waals surface area contributed by atoms with Gasteiger partial charge >= 0.3 is 5.97 Å². The average Bonchev–Trinajstić information content (AvgIpc) is 2.58. The van der Waals surface area contributed by atoms with Crippen molar-refractivity contribution in [1.82, 2.24) is 0 Å². The maximum absolute atomic E-state index is 11.1. The van der Waals surface area contributed by atoms with E-state index in [-0.39, 0.29) is 22.4 Å². The Bertz CT molecular complexity index is 469. The molecule has 0 atom stereocenters. The van der Waals surface area contributed by atoms with E-state index in [4.69, 9.17) is 10.5 Å². The summed E-state index contributed by atoms with van der Waals surface area (Å²) in [5, 5.41) is 16.4. The van der Waals surface area contributed by atoms with Gasteiger partial charge in [-0.2, -0.15) is 0 Å². The first-order valence-corrected chi connectivity index (χ1v) is 5.29. The highest BCUT2D eigenvalue weighted by atomic mass is 32.2. The fraction of sp³-hybridized carbons (Fsp3) is 0.100. The lowest BCUT2D eigenvalue weighted by atomic mass is 10.2. The van der Waals surface area contributed by atoms with Gasteiger partial charge in [0, 0.05) is 5.69 Å². The van der Waals surface area contributed by atoms with Crippen molar-refractivity contribution in [2.45, 2.75) is 0 Å². The van der Waals surface area contributed by atoms with Crippen molar-refractivity contribution in [3.05, 3.63) is 29.8 Å². The number of thioether (sulfide) groups is 1. The number of rotatable bonds is 2. The van der Waals surface area contributed by atoms with Gasteiger partial charge in [0.1, 0.15) is 0 Å². The van der Waals surface area contributed by atoms with Gasteiger partial charge in [0.15, 0.2) is 5.17 Å². The summed E-state index contributed by atoms with van der Waals surface area (Å²) >= 11 is 0.888. The van der Waals surface area contributed by atoms with Gasteiger partial charge in [0.05, 0.1) is 12.1 Å². The predicted octanol–water partition coefficient (Wildman–Crippen LogP) is 1.40. The molecule has 0 aliphatic carbocycles. The molecular weight excluding hydrogens is 228 g/mol. The number of nitrogens with one attached hydrogen (secondary N) is 1. The zero-order valence-corrected chi connectivity index (χ0v) is 8.95. The number of carboxylic acids is 1. The van der Waals surface area contributed by atoms with E-state index < -0.39 is 5.97 Å². The molecule has 5 nitrogen and oxygen atoms in total. The third-order valence-electron chi connectivity index (χ3n) is 2.17. The molecule has 82 valence electrons. The molecule has 1 saturated heterocycles. The summed E-state index contributed by atoms with van der Waals surface area (Å²) in [4.78, 5) is 23.3. The highest BCUT2D eigenvalue weighted by Gasteiger charge is 2.26. The van der Waals surface area contributed by atoms with E-state index in [0.29, 0.717) is 5.69 Å². The summed E-state index contributed by atoms with van der Waals surface area (Å²) in [6.45, 7) is 0.163. The van der Waals surface area contributed by atoms with Crippen LogP contribution in [0.1, 0.15) is 10.4 Å². The number of anilines is 1. The van der Waals surface area contributed by atoms with Gasteiger partial charge in [-0.15, -0.1) is 0 Å². The Labute approximate surface area is 95.6 Å². The van der Waals surface area contributed by atoms with Crippen molar-refractivity contribution < 1.29 is 14.7 Å². The molecule has 1 heterocycles. The molecule has 2 rings (SSSR count). The molecule has 16 heavy (non-hydrogen) atoms. The van der Waals surface area contributed by atoms with Crippen LogP contribution in [0.25, 0.3) is 0 Å². The molecule has 6 heteroatoms. The molecule has 0 bridgehead atoms. The van der Waals surface area contributed by atoms with Crippen molar-refractivity contribution >= 4 is 33.7 Å². The molecule has 0 radical (unpaired) electrons. The minimum absolute atomic E-state index is 0.0766. The largest absolute Gasteiger partial charge is 0.478 e. The molecule has 1 aromatic carbocycles. The molecule has 0 saturated carbocycles. The molecule has 1 aromatic rings. The van der Waals surface area contributed by atoms with Gasteiger partial charge in [-0.05, 0) is 36.0 Å². The van der Waals surface area contributed by atoms with Crippen molar-refractivity contribution in [2.24, 2.45) is 0 Å². The first kappa shape index (κ1) is 10.7. The van der Waals surface area contributed by atoms with Crippen LogP contribution in [0.4, 0.5) is 5.69 Å². The summed E-state index contributed by atoms with van der Waals surface area (Å²) in [5.41, 5.74) is 0.849. The summed E-state index contributed by atoms with van der Waals surface area (Å²) < 4.78 is 0. The van der Waals surface area contributed by atoms with E-state index in [0.717, 1.165) is 11.8 Å². The molecule has 0 amide bonds. The number of carboxylic acid groups (broad SMARTS) is 1. The van der Waals surface area contributed by atoms with Crippen molar-refractivity contribution in [3.8, 4) is 0 Å². The highest BCUT2D eigenvalue weighted by Crippen LogP contribution is 2.25. The van der Waals surface area contributed by atoms with E-state index in [2.05, 4.69) is 0 Å². The van der Waals surface area contributed by atoms with E-state index in [1.54, 1.807) is 17.0 Å². The van der Waals surface area contributed by atoms with Gasteiger partial charge in [-0.3, -0.25) is 10.2 Å². The summed E-state index contributed by atoms with van der Waals surface area (Å²) in [6.07, 6.45) is 0. The predicted molar refractivity (Wildman–Crippen MR) is 61.1 cm³/mol. The maximum Gasteiger partial charge on any atom is 0.335 e. The fourth-order valence-corrected chi connectivity index (χ4v) is 2.08. The highest BCUT2D eigenvalue weighted by molar-refractivity contribution is 8.27. The first-order valence-electron chi connectivity index (χ1n) is 4.48. The average molecular weight is 236 g/mol. The molecule has 0 unspecified atom stereocenters. The molecule has 1 aliphatic rings. The van der Waals surface area contributed by atoms with Crippen LogP contribution in [0, 0.1) is 5.41 Å². The van der Waals surface area contributed by atoms with Crippen LogP contribution >= 0.6 is 11.8 Å². The number of amidine groups is 1.